The van der Waals surface area contributed by atoms with Crippen molar-refractivity contribution in [3.63, 3.8) is 0 Å². The zero-order valence-corrected chi connectivity index (χ0v) is 9.37. The van der Waals surface area contributed by atoms with Gasteiger partial charge in [0.1, 0.15) is 0 Å². The highest BCUT2D eigenvalue weighted by atomic mass is 32.2. The van der Waals surface area contributed by atoms with Gasteiger partial charge in [-0.05, 0) is 34.2 Å². The minimum atomic E-state index is 0.0129. The number of rotatable bonds is 1. The summed E-state index contributed by atoms with van der Waals surface area (Å²) in [7, 11) is 0.0129. The van der Waals surface area contributed by atoms with E-state index in [-0.39, 0.29) is 10.9 Å². The smallest absolute Gasteiger partial charge is 0.00444 e. The normalized spacial score (nSPS) is 16.4. The van der Waals surface area contributed by atoms with Crippen LogP contribution < -0.4 is 0 Å². The summed E-state index contributed by atoms with van der Waals surface area (Å²) >= 11 is 0. The molecule has 1 heteroatoms. The summed E-state index contributed by atoms with van der Waals surface area (Å²) in [6.07, 6.45) is 0. The molecular weight excluding hydrogens is 200 g/mol. The van der Waals surface area contributed by atoms with Crippen LogP contribution in [0.4, 0.5) is 0 Å². The SMILES string of the molecule is [c]1ccc([SH]2Cc3ccccc3C2)cc1. The van der Waals surface area contributed by atoms with E-state index in [2.05, 4.69) is 42.5 Å². The van der Waals surface area contributed by atoms with Gasteiger partial charge in [0.15, 0.2) is 0 Å². The van der Waals surface area contributed by atoms with E-state index < -0.39 is 0 Å². The summed E-state index contributed by atoms with van der Waals surface area (Å²) < 4.78 is 0. The summed E-state index contributed by atoms with van der Waals surface area (Å²) in [6.45, 7) is 0. The van der Waals surface area contributed by atoms with Crippen molar-refractivity contribution in [2.45, 2.75) is 16.4 Å². The molecule has 0 fully saturated rings. The second kappa shape index (κ2) is 3.74. The van der Waals surface area contributed by atoms with Gasteiger partial charge in [0.05, 0.1) is 0 Å². The molecule has 15 heavy (non-hydrogen) atoms. The lowest BCUT2D eigenvalue weighted by molar-refractivity contribution is 1.35. The van der Waals surface area contributed by atoms with E-state index in [9.17, 15) is 0 Å². The van der Waals surface area contributed by atoms with Gasteiger partial charge < -0.3 is 0 Å². The molecule has 0 saturated carbocycles. The van der Waals surface area contributed by atoms with Crippen molar-refractivity contribution in [2.24, 2.45) is 0 Å². The molecule has 1 aliphatic rings. The van der Waals surface area contributed by atoms with Crippen molar-refractivity contribution in [3.8, 4) is 0 Å². The van der Waals surface area contributed by atoms with Gasteiger partial charge in [0.25, 0.3) is 0 Å². The molecule has 0 amide bonds. The molecule has 0 aliphatic carbocycles. The maximum Gasteiger partial charge on any atom is 0.00444 e. The Kier molecular flexibility index (Phi) is 2.26. The monoisotopic (exact) mass is 213 g/mol. The van der Waals surface area contributed by atoms with Gasteiger partial charge in [0.2, 0.25) is 0 Å². The first-order valence-corrected chi connectivity index (χ1v) is 6.92. The molecule has 0 aromatic heterocycles. The highest BCUT2D eigenvalue weighted by molar-refractivity contribution is 8.15. The third-order valence-corrected chi connectivity index (χ3v) is 5.38. The zero-order chi connectivity index (χ0) is 10.1. The molecule has 3 rings (SSSR count). The molecule has 0 atom stereocenters. The molecular formula is C14H13S. The first-order valence-electron chi connectivity index (χ1n) is 5.21. The van der Waals surface area contributed by atoms with Crippen LogP contribution in [0.15, 0.2) is 53.4 Å². The Hall–Kier alpha value is -1.21. The highest BCUT2D eigenvalue weighted by Crippen LogP contribution is 2.48. The third kappa shape index (κ3) is 1.68. The van der Waals surface area contributed by atoms with E-state index in [0.29, 0.717) is 0 Å². The van der Waals surface area contributed by atoms with Crippen LogP contribution in [-0.2, 0) is 11.5 Å². The van der Waals surface area contributed by atoms with Gasteiger partial charge in [-0.2, -0.15) is 0 Å². The molecule has 0 nitrogen and oxygen atoms in total. The highest BCUT2D eigenvalue weighted by Gasteiger charge is 2.18. The second-order valence-corrected chi connectivity index (χ2v) is 6.11. The Morgan fingerprint density at radius 1 is 0.867 bits per heavy atom. The predicted molar refractivity (Wildman–Crippen MR) is 66.4 cm³/mol. The van der Waals surface area contributed by atoms with Crippen LogP contribution in [0.5, 0.6) is 0 Å². The molecule has 1 radical (unpaired) electrons. The minimum Gasteiger partial charge on any atom is -0.219 e. The Bertz CT molecular complexity index is 437. The topological polar surface area (TPSA) is 0 Å². The van der Waals surface area contributed by atoms with Crippen molar-refractivity contribution in [1.82, 2.24) is 0 Å². The van der Waals surface area contributed by atoms with E-state index in [4.69, 9.17) is 0 Å². The van der Waals surface area contributed by atoms with Crippen molar-refractivity contribution < 1.29 is 0 Å². The Morgan fingerprint density at radius 3 is 2.07 bits per heavy atom. The number of hydrogen-bond acceptors (Lipinski definition) is 0. The van der Waals surface area contributed by atoms with Crippen LogP contribution in [0, 0.1) is 6.07 Å². The summed E-state index contributed by atoms with van der Waals surface area (Å²) in [6, 6.07) is 20.4. The number of thiol groups is 1. The third-order valence-electron chi connectivity index (χ3n) is 2.91. The zero-order valence-electron chi connectivity index (χ0n) is 8.48. The maximum absolute atomic E-state index is 3.09. The van der Waals surface area contributed by atoms with Crippen LogP contribution in [0.25, 0.3) is 0 Å². The first-order chi connectivity index (χ1) is 7.43. The first kappa shape index (κ1) is 9.05. The van der Waals surface area contributed by atoms with Crippen LogP contribution in [0.3, 0.4) is 0 Å². The van der Waals surface area contributed by atoms with Gasteiger partial charge in [-0.15, -0.1) is 0 Å². The molecule has 75 valence electrons. The average molecular weight is 213 g/mol. The van der Waals surface area contributed by atoms with E-state index >= 15 is 0 Å². The van der Waals surface area contributed by atoms with Crippen LogP contribution in [0.2, 0.25) is 0 Å². The molecule has 0 spiro atoms. The summed E-state index contributed by atoms with van der Waals surface area (Å²) in [5.74, 6) is 2.52. The van der Waals surface area contributed by atoms with Gasteiger partial charge in [0, 0.05) is 11.5 Å². The molecule has 0 bridgehead atoms. The van der Waals surface area contributed by atoms with Gasteiger partial charge >= 0.3 is 0 Å². The van der Waals surface area contributed by atoms with E-state index in [0.717, 1.165) is 0 Å². The summed E-state index contributed by atoms with van der Waals surface area (Å²) in [5.41, 5.74) is 3.10. The summed E-state index contributed by atoms with van der Waals surface area (Å²) in [4.78, 5) is 1.51. The molecule has 0 saturated heterocycles. The van der Waals surface area contributed by atoms with Crippen molar-refractivity contribution >= 4 is 10.9 Å². The van der Waals surface area contributed by atoms with Crippen LogP contribution in [-0.4, -0.2) is 0 Å². The van der Waals surface area contributed by atoms with Crippen molar-refractivity contribution in [3.05, 3.63) is 65.7 Å². The quantitative estimate of drug-likeness (QED) is 0.688. The van der Waals surface area contributed by atoms with E-state index in [1.165, 1.54) is 16.4 Å². The van der Waals surface area contributed by atoms with Gasteiger partial charge in [-0.3, -0.25) is 0 Å². The van der Waals surface area contributed by atoms with Gasteiger partial charge in [-0.25, -0.2) is 10.9 Å². The Labute approximate surface area is 93.3 Å². The van der Waals surface area contributed by atoms with Crippen molar-refractivity contribution in [2.75, 3.05) is 0 Å². The van der Waals surface area contributed by atoms with Gasteiger partial charge in [-0.1, -0.05) is 36.4 Å². The fourth-order valence-electron chi connectivity index (χ4n) is 2.10. The molecule has 2 aromatic rings. The van der Waals surface area contributed by atoms with E-state index in [1.807, 2.05) is 12.1 Å². The standard InChI is InChI=1S/C14H13S/c1-2-8-14(9-3-1)15-10-12-6-4-5-7-13(12)11-15/h2-9,15H,10-11H2. The number of fused-ring (bicyclic) bond motifs is 1. The lowest BCUT2D eigenvalue weighted by Gasteiger charge is -2.13. The molecule has 0 N–H and O–H groups in total. The minimum absolute atomic E-state index is 0.0129. The second-order valence-electron chi connectivity index (χ2n) is 3.88. The average Bonchev–Trinajstić information content (AvgIpc) is 2.74. The number of hydrogen-bond donors (Lipinski definition) is 1. The molecule has 0 unspecified atom stereocenters. The molecule has 1 heterocycles. The molecule has 1 aliphatic heterocycles. The van der Waals surface area contributed by atoms with E-state index in [1.54, 1.807) is 11.1 Å². The van der Waals surface area contributed by atoms with Crippen LogP contribution in [0.1, 0.15) is 11.1 Å². The fourth-order valence-corrected chi connectivity index (χ4v) is 4.59. The predicted octanol–water partition coefficient (Wildman–Crippen LogP) is 3.56. The summed E-state index contributed by atoms with van der Waals surface area (Å²) in [5, 5.41) is 0. The Balaban J connectivity index is 1.91. The largest absolute Gasteiger partial charge is 0.219 e. The maximum atomic E-state index is 3.09. The van der Waals surface area contributed by atoms with Crippen molar-refractivity contribution in [1.29, 1.82) is 0 Å². The number of benzene rings is 2. The molecule has 2 aromatic carbocycles. The van der Waals surface area contributed by atoms with Crippen LogP contribution >= 0.6 is 10.9 Å². The lowest BCUT2D eigenvalue weighted by Crippen LogP contribution is -1.80. The fraction of sp³-hybridized carbons (Fsp3) is 0.143. The lowest BCUT2D eigenvalue weighted by atomic mass is 10.1. The Morgan fingerprint density at radius 2 is 1.47 bits per heavy atom.